The molecule has 3 heterocycles. The van der Waals surface area contributed by atoms with Gasteiger partial charge in [-0.05, 0) is 50.5 Å². The summed E-state index contributed by atoms with van der Waals surface area (Å²) in [5, 5.41) is 2.83. The normalized spacial score (nSPS) is 14.7. The molecule has 0 saturated carbocycles. The Balaban J connectivity index is 1.66. The van der Waals surface area contributed by atoms with Gasteiger partial charge in [-0.3, -0.25) is 4.79 Å². The summed E-state index contributed by atoms with van der Waals surface area (Å²) in [6, 6.07) is 9.26. The van der Waals surface area contributed by atoms with Crippen LogP contribution < -0.4 is 10.2 Å². The molecule has 1 N–H and O–H groups in total. The first-order chi connectivity index (χ1) is 10.7. The first-order valence-electron chi connectivity index (χ1n) is 7.68. The fourth-order valence-electron chi connectivity index (χ4n) is 2.63. The van der Waals surface area contributed by atoms with Crippen molar-refractivity contribution in [3.63, 3.8) is 0 Å². The van der Waals surface area contributed by atoms with Gasteiger partial charge in [0.15, 0.2) is 0 Å². The van der Waals surface area contributed by atoms with Crippen LogP contribution in [0.5, 0.6) is 0 Å². The van der Waals surface area contributed by atoms with E-state index in [2.05, 4.69) is 20.2 Å². The van der Waals surface area contributed by atoms with E-state index in [1.807, 2.05) is 31.2 Å². The Morgan fingerprint density at radius 2 is 1.95 bits per heavy atom. The van der Waals surface area contributed by atoms with Gasteiger partial charge in [0.2, 0.25) is 0 Å². The summed E-state index contributed by atoms with van der Waals surface area (Å²) in [6.45, 7) is 3.99. The van der Waals surface area contributed by atoms with Crippen LogP contribution in [0.15, 0.2) is 36.5 Å². The lowest BCUT2D eigenvalue weighted by molar-refractivity contribution is 0.102. The van der Waals surface area contributed by atoms with E-state index in [0.29, 0.717) is 11.4 Å². The largest absolute Gasteiger partial charge is 0.357 e. The second-order valence-corrected chi connectivity index (χ2v) is 5.57. The lowest BCUT2D eigenvalue weighted by Gasteiger charge is -2.27. The average Bonchev–Trinajstić information content (AvgIpc) is 2.56. The molecule has 3 rings (SSSR count). The van der Waals surface area contributed by atoms with Gasteiger partial charge in [0.05, 0.1) is 11.9 Å². The molecule has 0 radical (unpaired) electrons. The molecule has 5 nitrogen and oxygen atoms in total. The van der Waals surface area contributed by atoms with Gasteiger partial charge in [-0.15, -0.1) is 0 Å². The monoisotopic (exact) mass is 296 g/mol. The Labute approximate surface area is 130 Å². The molecule has 0 atom stereocenters. The number of nitrogens with zero attached hydrogens (tertiary/aromatic N) is 3. The zero-order valence-electron chi connectivity index (χ0n) is 12.7. The van der Waals surface area contributed by atoms with Gasteiger partial charge >= 0.3 is 0 Å². The average molecular weight is 296 g/mol. The fourth-order valence-corrected chi connectivity index (χ4v) is 2.63. The molecule has 2 aromatic heterocycles. The highest BCUT2D eigenvalue weighted by Crippen LogP contribution is 2.19. The third kappa shape index (κ3) is 3.42. The smallest absolute Gasteiger partial charge is 0.274 e. The minimum atomic E-state index is -0.212. The number of aromatic nitrogens is 2. The summed E-state index contributed by atoms with van der Waals surface area (Å²) in [6.07, 6.45) is 5.45. The maximum atomic E-state index is 12.1. The Bertz CT molecular complexity index is 648. The van der Waals surface area contributed by atoms with Gasteiger partial charge in [0, 0.05) is 18.8 Å². The number of nitrogens with one attached hydrogen (secondary N) is 1. The molecule has 1 fully saturated rings. The van der Waals surface area contributed by atoms with E-state index in [1.165, 1.54) is 19.3 Å². The van der Waals surface area contributed by atoms with Crippen molar-refractivity contribution >= 4 is 17.4 Å². The number of anilines is 2. The van der Waals surface area contributed by atoms with E-state index >= 15 is 0 Å². The molecule has 0 bridgehead atoms. The molecule has 0 aromatic carbocycles. The van der Waals surface area contributed by atoms with Crippen LogP contribution in [0.25, 0.3) is 0 Å². The molecule has 2 aromatic rings. The van der Waals surface area contributed by atoms with Crippen molar-refractivity contribution in [1.29, 1.82) is 0 Å². The van der Waals surface area contributed by atoms with Gasteiger partial charge in [-0.1, -0.05) is 6.07 Å². The number of rotatable bonds is 3. The second-order valence-electron chi connectivity index (χ2n) is 5.57. The molecule has 5 heteroatoms. The highest BCUT2D eigenvalue weighted by molar-refractivity contribution is 6.02. The highest BCUT2D eigenvalue weighted by Gasteiger charge is 2.12. The molecular formula is C17H20N4O. The van der Waals surface area contributed by atoms with Crippen molar-refractivity contribution in [3.8, 4) is 0 Å². The van der Waals surface area contributed by atoms with Gasteiger partial charge in [-0.25, -0.2) is 9.97 Å². The first-order valence-corrected chi connectivity index (χ1v) is 7.68. The van der Waals surface area contributed by atoms with Crippen molar-refractivity contribution in [2.24, 2.45) is 0 Å². The van der Waals surface area contributed by atoms with Gasteiger partial charge < -0.3 is 10.2 Å². The first kappa shape index (κ1) is 14.5. The number of hydrogen-bond acceptors (Lipinski definition) is 4. The zero-order valence-corrected chi connectivity index (χ0v) is 12.7. The van der Waals surface area contributed by atoms with Crippen molar-refractivity contribution in [1.82, 2.24) is 9.97 Å². The number of carbonyl (C=O) groups excluding carboxylic acids is 1. The van der Waals surface area contributed by atoms with E-state index in [9.17, 15) is 4.79 Å². The molecule has 0 aliphatic carbocycles. The number of piperidine rings is 1. The van der Waals surface area contributed by atoms with Crippen molar-refractivity contribution in [2.75, 3.05) is 23.3 Å². The topological polar surface area (TPSA) is 58.1 Å². The van der Waals surface area contributed by atoms with Crippen LogP contribution >= 0.6 is 0 Å². The van der Waals surface area contributed by atoms with Crippen molar-refractivity contribution < 1.29 is 4.79 Å². The van der Waals surface area contributed by atoms with Gasteiger partial charge in [0.25, 0.3) is 5.91 Å². The number of aryl methyl sites for hydroxylation is 1. The number of carbonyl (C=O) groups is 1. The SMILES string of the molecule is Cc1cccc(C(=O)Nc2ccc(N3CCCCC3)nc2)n1. The van der Waals surface area contributed by atoms with Gasteiger partial charge in [-0.2, -0.15) is 0 Å². The summed E-state index contributed by atoms with van der Waals surface area (Å²) in [5.74, 6) is 0.766. The van der Waals surface area contributed by atoms with E-state index in [0.717, 1.165) is 24.6 Å². The molecule has 114 valence electrons. The fraction of sp³-hybridized carbons (Fsp3) is 0.353. The lowest BCUT2D eigenvalue weighted by Crippen LogP contribution is -2.30. The van der Waals surface area contributed by atoms with Crippen LogP contribution in [0, 0.1) is 6.92 Å². The summed E-state index contributed by atoms with van der Waals surface area (Å²) in [4.78, 5) is 23.1. The Morgan fingerprint density at radius 1 is 1.14 bits per heavy atom. The summed E-state index contributed by atoms with van der Waals surface area (Å²) in [5.41, 5.74) is 1.93. The predicted octanol–water partition coefficient (Wildman–Crippen LogP) is 3.03. The predicted molar refractivity (Wildman–Crippen MR) is 87.2 cm³/mol. The maximum absolute atomic E-state index is 12.1. The van der Waals surface area contributed by atoms with Crippen LogP contribution in [-0.4, -0.2) is 29.0 Å². The Kier molecular flexibility index (Phi) is 4.32. The molecule has 1 aliphatic rings. The summed E-state index contributed by atoms with van der Waals surface area (Å²) >= 11 is 0. The van der Waals surface area contributed by atoms with E-state index in [4.69, 9.17) is 0 Å². The lowest BCUT2D eigenvalue weighted by atomic mass is 10.1. The van der Waals surface area contributed by atoms with Crippen LogP contribution in [0.3, 0.4) is 0 Å². The molecule has 0 unspecified atom stereocenters. The van der Waals surface area contributed by atoms with Crippen LogP contribution in [0.4, 0.5) is 11.5 Å². The maximum Gasteiger partial charge on any atom is 0.274 e. The standard InChI is InChI=1S/C17H20N4O/c1-13-6-5-7-15(19-13)17(22)20-14-8-9-16(18-12-14)21-10-3-2-4-11-21/h5-9,12H,2-4,10-11H2,1H3,(H,20,22). The summed E-state index contributed by atoms with van der Waals surface area (Å²) in [7, 11) is 0. The van der Waals surface area contributed by atoms with Crippen molar-refractivity contribution in [3.05, 3.63) is 47.9 Å². The minimum Gasteiger partial charge on any atom is -0.357 e. The van der Waals surface area contributed by atoms with E-state index in [1.54, 1.807) is 12.3 Å². The van der Waals surface area contributed by atoms with Gasteiger partial charge in [0.1, 0.15) is 11.5 Å². The third-order valence-electron chi connectivity index (χ3n) is 3.81. The number of pyridine rings is 2. The quantitative estimate of drug-likeness (QED) is 0.946. The second kappa shape index (κ2) is 6.56. The molecule has 1 saturated heterocycles. The van der Waals surface area contributed by atoms with Crippen LogP contribution in [0.1, 0.15) is 35.4 Å². The van der Waals surface area contributed by atoms with E-state index in [-0.39, 0.29) is 5.91 Å². The molecule has 0 spiro atoms. The molecular weight excluding hydrogens is 276 g/mol. The zero-order chi connectivity index (χ0) is 15.4. The number of amides is 1. The highest BCUT2D eigenvalue weighted by atomic mass is 16.1. The Morgan fingerprint density at radius 3 is 2.64 bits per heavy atom. The van der Waals surface area contributed by atoms with E-state index < -0.39 is 0 Å². The van der Waals surface area contributed by atoms with Crippen LogP contribution in [0.2, 0.25) is 0 Å². The van der Waals surface area contributed by atoms with Crippen molar-refractivity contribution in [2.45, 2.75) is 26.2 Å². The minimum absolute atomic E-state index is 0.212. The van der Waals surface area contributed by atoms with Crippen LogP contribution in [-0.2, 0) is 0 Å². The Hall–Kier alpha value is -2.43. The third-order valence-corrected chi connectivity index (χ3v) is 3.81. The summed E-state index contributed by atoms with van der Waals surface area (Å²) < 4.78 is 0. The number of hydrogen-bond donors (Lipinski definition) is 1. The molecule has 22 heavy (non-hydrogen) atoms. The molecule has 1 aliphatic heterocycles. The molecule has 1 amide bonds.